The summed E-state index contributed by atoms with van der Waals surface area (Å²) in [6, 6.07) is 0. The molecule has 1 atom stereocenters. The van der Waals surface area contributed by atoms with Gasteiger partial charge in [0.2, 0.25) is 0 Å². The van der Waals surface area contributed by atoms with Gasteiger partial charge in [0, 0.05) is 5.57 Å². The maximum absolute atomic E-state index is 11.3. The molecule has 2 nitrogen and oxygen atoms in total. The minimum atomic E-state index is -0.178. The van der Waals surface area contributed by atoms with Crippen molar-refractivity contribution in [1.29, 1.82) is 0 Å². The summed E-state index contributed by atoms with van der Waals surface area (Å²) in [5, 5.41) is 0. The van der Waals surface area contributed by atoms with Gasteiger partial charge in [0.1, 0.15) is 6.10 Å². The van der Waals surface area contributed by atoms with Crippen molar-refractivity contribution in [2.24, 2.45) is 0 Å². The molecule has 13 heavy (non-hydrogen) atoms. The van der Waals surface area contributed by atoms with Gasteiger partial charge >= 0.3 is 5.97 Å². The lowest BCUT2D eigenvalue weighted by atomic mass is 10.1. The first-order chi connectivity index (χ1) is 6.15. The fraction of sp³-hybridized carbons (Fsp3) is 0.727. The smallest absolute Gasteiger partial charge is 0.333 e. The molecule has 0 heterocycles. The van der Waals surface area contributed by atoms with Crippen LogP contribution >= 0.6 is 0 Å². The molecule has 0 rings (SSSR count). The predicted octanol–water partition coefficient (Wildman–Crippen LogP) is 3.07. The summed E-state index contributed by atoms with van der Waals surface area (Å²) in [4.78, 5) is 11.3. The summed E-state index contributed by atoms with van der Waals surface area (Å²) in [7, 11) is 0. The zero-order valence-corrected chi connectivity index (χ0v) is 9.09. The molecule has 1 unspecified atom stereocenters. The molecule has 0 aromatic heterocycles. The van der Waals surface area contributed by atoms with Gasteiger partial charge in [0.15, 0.2) is 0 Å². The first kappa shape index (κ1) is 12.2. The number of esters is 1. The van der Waals surface area contributed by atoms with Gasteiger partial charge in [-0.15, -0.1) is 0 Å². The van der Waals surface area contributed by atoms with Crippen LogP contribution in [0.1, 0.15) is 47.0 Å². The van der Waals surface area contributed by atoms with Gasteiger partial charge in [-0.05, 0) is 26.7 Å². The van der Waals surface area contributed by atoms with Crippen LogP contribution in [0.25, 0.3) is 0 Å². The maximum atomic E-state index is 11.3. The molecule has 0 N–H and O–H groups in total. The summed E-state index contributed by atoms with van der Waals surface area (Å²) < 4.78 is 5.29. The van der Waals surface area contributed by atoms with Gasteiger partial charge in [-0.2, -0.15) is 0 Å². The number of hydrogen-bond acceptors (Lipinski definition) is 2. The highest BCUT2D eigenvalue weighted by molar-refractivity contribution is 5.87. The molecule has 0 saturated heterocycles. The Morgan fingerprint density at radius 1 is 1.46 bits per heavy atom. The molecular weight excluding hydrogens is 164 g/mol. The highest BCUT2D eigenvalue weighted by atomic mass is 16.5. The fourth-order valence-electron chi connectivity index (χ4n) is 1.03. The van der Waals surface area contributed by atoms with Gasteiger partial charge in [-0.3, -0.25) is 0 Å². The van der Waals surface area contributed by atoms with E-state index in [2.05, 4.69) is 6.92 Å². The highest BCUT2D eigenvalue weighted by Crippen LogP contribution is 2.09. The average Bonchev–Trinajstić information content (AvgIpc) is 2.15. The SMILES string of the molecule is C/C=C(\C)C(=O)OC(CC)CCC. The Hall–Kier alpha value is -0.790. The Kier molecular flexibility index (Phi) is 6.29. The van der Waals surface area contributed by atoms with E-state index in [1.54, 1.807) is 13.0 Å². The number of ether oxygens (including phenoxy) is 1. The molecule has 0 saturated carbocycles. The predicted molar refractivity (Wildman–Crippen MR) is 54.5 cm³/mol. The molecular formula is C11H20O2. The summed E-state index contributed by atoms with van der Waals surface area (Å²) in [6.07, 6.45) is 4.78. The molecule has 76 valence electrons. The minimum Gasteiger partial charge on any atom is -0.459 e. The first-order valence-electron chi connectivity index (χ1n) is 4.99. The number of allylic oxidation sites excluding steroid dienone is 1. The van der Waals surface area contributed by atoms with Crippen LogP contribution < -0.4 is 0 Å². The van der Waals surface area contributed by atoms with Crippen molar-refractivity contribution in [3.05, 3.63) is 11.6 Å². The zero-order chi connectivity index (χ0) is 10.3. The van der Waals surface area contributed by atoms with Gasteiger partial charge in [-0.1, -0.05) is 26.3 Å². The summed E-state index contributed by atoms with van der Waals surface area (Å²) in [5.74, 6) is -0.178. The van der Waals surface area contributed by atoms with E-state index in [1.165, 1.54) is 0 Å². The van der Waals surface area contributed by atoms with Crippen LogP contribution in [-0.4, -0.2) is 12.1 Å². The molecule has 2 heteroatoms. The number of carbonyl (C=O) groups is 1. The van der Waals surface area contributed by atoms with E-state index < -0.39 is 0 Å². The lowest BCUT2D eigenvalue weighted by Crippen LogP contribution is -2.17. The van der Waals surface area contributed by atoms with Crippen LogP contribution in [0.2, 0.25) is 0 Å². The Labute approximate surface area is 81.0 Å². The first-order valence-corrected chi connectivity index (χ1v) is 4.99. The second-order valence-electron chi connectivity index (χ2n) is 3.20. The summed E-state index contributed by atoms with van der Waals surface area (Å²) in [6.45, 7) is 7.76. The van der Waals surface area contributed by atoms with E-state index in [4.69, 9.17) is 4.74 Å². The highest BCUT2D eigenvalue weighted by Gasteiger charge is 2.11. The average molecular weight is 184 g/mol. The quantitative estimate of drug-likeness (QED) is 0.485. The van der Waals surface area contributed by atoms with E-state index in [9.17, 15) is 4.79 Å². The van der Waals surface area contributed by atoms with Crippen molar-refractivity contribution >= 4 is 5.97 Å². The number of hydrogen-bond donors (Lipinski definition) is 0. The zero-order valence-electron chi connectivity index (χ0n) is 9.09. The van der Waals surface area contributed by atoms with Crippen molar-refractivity contribution < 1.29 is 9.53 Å². The lowest BCUT2D eigenvalue weighted by molar-refractivity contribution is -0.144. The topological polar surface area (TPSA) is 26.3 Å². The van der Waals surface area contributed by atoms with Crippen molar-refractivity contribution in [3.63, 3.8) is 0 Å². The van der Waals surface area contributed by atoms with E-state index in [-0.39, 0.29) is 12.1 Å². The Morgan fingerprint density at radius 3 is 2.46 bits per heavy atom. The van der Waals surface area contributed by atoms with E-state index >= 15 is 0 Å². The molecule has 0 bridgehead atoms. The fourth-order valence-corrected chi connectivity index (χ4v) is 1.03. The third-order valence-electron chi connectivity index (χ3n) is 2.09. The summed E-state index contributed by atoms with van der Waals surface area (Å²) >= 11 is 0. The van der Waals surface area contributed by atoms with E-state index in [1.807, 2.05) is 13.8 Å². The Balaban J connectivity index is 4.01. The maximum Gasteiger partial charge on any atom is 0.333 e. The number of carbonyl (C=O) groups excluding carboxylic acids is 1. The second-order valence-corrected chi connectivity index (χ2v) is 3.20. The van der Waals surface area contributed by atoms with Crippen LogP contribution in [0.3, 0.4) is 0 Å². The van der Waals surface area contributed by atoms with Crippen LogP contribution in [-0.2, 0) is 9.53 Å². The van der Waals surface area contributed by atoms with Crippen LogP contribution in [0, 0.1) is 0 Å². The lowest BCUT2D eigenvalue weighted by Gasteiger charge is -2.15. The van der Waals surface area contributed by atoms with Crippen molar-refractivity contribution in [3.8, 4) is 0 Å². The second kappa shape index (κ2) is 6.70. The molecule has 0 amide bonds. The van der Waals surface area contributed by atoms with Gasteiger partial charge in [0.05, 0.1) is 0 Å². The monoisotopic (exact) mass is 184 g/mol. The minimum absolute atomic E-state index is 0.0902. The van der Waals surface area contributed by atoms with Gasteiger partial charge < -0.3 is 4.74 Å². The van der Waals surface area contributed by atoms with Crippen molar-refractivity contribution in [2.75, 3.05) is 0 Å². The van der Waals surface area contributed by atoms with Crippen LogP contribution in [0.5, 0.6) is 0 Å². The van der Waals surface area contributed by atoms with Gasteiger partial charge in [-0.25, -0.2) is 4.79 Å². The molecule has 0 spiro atoms. The van der Waals surface area contributed by atoms with Crippen molar-refractivity contribution in [2.45, 2.75) is 53.1 Å². The van der Waals surface area contributed by atoms with Crippen LogP contribution in [0.15, 0.2) is 11.6 Å². The molecule has 0 aromatic carbocycles. The Bertz CT molecular complexity index is 183. The largest absolute Gasteiger partial charge is 0.459 e. The normalized spacial score (nSPS) is 14.0. The molecule has 0 aliphatic rings. The summed E-state index contributed by atoms with van der Waals surface area (Å²) in [5.41, 5.74) is 0.689. The standard InChI is InChI=1S/C11H20O2/c1-5-8-10(7-3)13-11(12)9(4)6-2/h6,10H,5,7-8H2,1-4H3/b9-6+. The van der Waals surface area contributed by atoms with Gasteiger partial charge in [0.25, 0.3) is 0 Å². The van der Waals surface area contributed by atoms with Crippen molar-refractivity contribution in [1.82, 2.24) is 0 Å². The van der Waals surface area contributed by atoms with E-state index in [0.717, 1.165) is 19.3 Å². The molecule has 0 aliphatic heterocycles. The molecule has 0 aromatic rings. The molecule has 0 fully saturated rings. The third kappa shape index (κ3) is 4.71. The molecule has 0 aliphatic carbocycles. The Morgan fingerprint density at radius 2 is 2.08 bits per heavy atom. The van der Waals surface area contributed by atoms with Crippen LogP contribution in [0.4, 0.5) is 0 Å². The third-order valence-corrected chi connectivity index (χ3v) is 2.09. The van der Waals surface area contributed by atoms with E-state index in [0.29, 0.717) is 5.57 Å². The molecule has 0 radical (unpaired) electrons. The number of rotatable bonds is 5.